The van der Waals surface area contributed by atoms with Gasteiger partial charge in [-0.15, -0.1) is 0 Å². The molecule has 0 bridgehead atoms. The summed E-state index contributed by atoms with van der Waals surface area (Å²) in [7, 11) is -3.26. The number of anilines is 1. The minimum absolute atomic E-state index is 0.312. The van der Waals surface area contributed by atoms with Crippen molar-refractivity contribution in [2.24, 2.45) is 5.73 Å². The zero-order valence-electron chi connectivity index (χ0n) is 11.8. The number of nitrogens with two attached hydrogens (primary N) is 1. The molecule has 7 heteroatoms. The highest BCUT2D eigenvalue weighted by Crippen LogP contribution is 2.23. The Labute approximate surface area is 120 Å². The van der Waals surface area contributed by atoms with Gasteiger partial charge in [0, 0.05) is 45.2 Å². The average Bonchev–Trinajstić information content (AvgIpc) is 2.64. The van der Waals surface area contributed by atoms with E-state index in [0.29, 0.717) is 17.3 Å². The van der Waals surface area contributed by atoms with Gasteiger partial charge in [-0.25, -0.2) is 13.4 Å². The molecule has 20 heavy (non-hydrogen) atoms. The van der Waals surface area contributed by atoms with E-state index in [9.17, 15) is 8.42 Å². The Bertz CT molecular complexity index is 547. The molecule has 1 aromatic heterocycles. The van der Waals surface area contributed by atoms with E-state index >= 15 is 0 Å². The summed E-state index contributed by atoms with van der Waals surface area (Å²) in [4.78, 5) is 8.97. The van der Waals surface area contributed by atoms with Crippen molar-refractivity contribution in [1.82, 2.24) is 9.88 Å². The molecule has 0 amide bonds. The van der Waals surface area contributed by atoms with Crippen molar-refractivity contribution in [3.63, 3.8) is 0 Å². The van der Waals surface area contributed by atoms with E-state index in [2.05, 4.69) is 14.8 Å². The van der Waals surface area contributed by atoms with Crippen LogP contribution in [0.15, 0.2) is 23.2 Å². The highest BCUT2D eigenvalue weighted by molar-refractivity contribution is 7.90. The van der Waals surface area contributed by atoms with Gasteiger partial charge in [0.2, 0.25) is 0 Å². The molecule has 1 saturated heterocycles. The summed E-state index contributed by atoms with van der Waals surface area (Å²) in [5.41, 5.74) is 5.59. The van der Waals surface area contributed by atoms with E-state index in [-0.39, 0.29) is 0 Å². The Balaban J connectivity index is 2.20. The molecule has 1 aromatic rings. The SMILES string of the molecule is CS(=O)(=O)c1cccnc1N1CCCN(CCN)CC1. The van der Waals surface area contributed by atoms with Gasteiger partial charge in [0.25, 0.3) is 0 Å². The van der Waals surface area contributed by atoms with Crippen LogP contribution in [0.3, 0.4) is 0 Å². The van der Waals surface area contributed by atoms with Crippen LogP contribution in [0.25, 0.3) is 0 Å². The minimum atomic E-state index is -3.26. The standard InChI is InChI=1S/C13H22N4O2S/c1-20(18,19)12-4-2-6-15-13(12)17-8-3-7-16(9-5-14)10-11-17/h2,4,6H,3,5,7-11,14H2,1H3. The monoisotopic (exact) mass is 298 g/mol. The lowest BCUT2D eigenvalue weighted by atomic mass is 10.3. The van der Waals surface area contributed by atoms with Gasteiger partial charge in [-0.05, 0) is 25.1 Å². The van der Waals surface area contributed by atoms with Crippen molar-refractivity contribution < 1.29 is 8.42 Å². The van der Waals surface area contributed by atoms with Crippen molar-refractivity contribution >= 4 is 15.7 Å². The lowest BCUT2D eigenvalue weighted by Gasteiger charge is -2.24. The zero-order chi connectivity index (χ0) is 14.6. The van der Waals surface area contributed by atoms with Crippen LogP contribution in [0.5, 0.6) is 0 Å². The molecular weight excluding hydrogens is 276 g/mol. The molecule has 0 atom stereocenters. The largest absolute Gasteiger partial charge is 0.354 e. The number of hydrogen-bond donors (Lipinski definition) is 1. The number of hydrogen-bond acceptors (Lipinski definition) is 6. The molecule has 2 heterocycles. The summed E-state index contributed by atoms with van der Waals surface area (Å²) in [6, 6.07) is 3.29. The Morgan fingerprint density at radius 3 is 2.80 bits per heavy atom. The van der Waals surface area contributed by atoms with Crippen LogP contribution in [-0.2, 0) is 9.84 Å². The Morgan fingerprint density at radius 2 is 2.10 bits per heavy atom. The van der Waals surface area contributed by atoms with Crippen molar-refractivity contribution in [3.8, 4) is 0 Å². The van der Waals surface area contributed by atoms with E-state index in [1.807, 2.05) is 0 Å². The number of sulfone groups is 1. The lowest BCUT2D eigenvalue weighted by Crippen LogP contribution is -2.34. The third-order valence-corrected chi connectivity index (χ3v) is 4.60. The summed E-state index contributed by atoms with van der Waals surface area (Å²) in [5, 5.41) is 0. The summed E-state index contributed by atoms with van der Waals surface area (Å²) in [6.07, 6.45) is 3.86. The molecule has 2 N–H and O–H groups in total. The smallest absolute Gasteiger partial charge is 0.179 e. The first-order valence-corrected chi connectivity index (χ1v) is 8.74. The van der Waals surface area contributed by atoms with Crippen LogP contribution < -0.4 is 10.6 Å². The molecule has 112 valence electrons. The summed E-state index contributed by atoms with van der Waals surface area (Å²) in [6.45, 7) is 5.01. The van der Waals surface area contributed by atoms with Crippen LogP contribution in [0.1, 0.15) is 6.42 Å². The third-order valence-electron chi connectivity index (χ3n) is 3.48. The quantitative estimate of drug-likeness (QED) is 0.840. The molecule has 6 nitrogen and oxygen atoms in total. The third kappa shape index (κ3) is 3.68. The van der Waals surface area contributed by atoms with Gasteiger partial charge in [0.1, 0.15) is 10.7 Å². The molecule has 1 aliphatic rings. The highest BCUT2D eigenvalue weighted by Gasteiger charge is 2.21. The number of rotatable bonds is 4. The average molecular weight is 298 g/mol. The molecule has 2 rings (SSSR count). The highest BCUT2D eigenvalue weighted by atomic mass is 32.2. The second kappa shape index (κ2) is 6.51. The number of nitrogens with zero attached hydrogens (tertiary/aromatic N) is 3. The zero-order valence-corrected chi connectivity index (χ0v) is 12.6. The molecule has 0 aliphatic carbocycles. The Morgan fingerprint density at radius 1 is 1.30 bits per heavy atom. The topological polar surface area (TPSA) is 79.5 Å². The normalized spacial score (nSPS) is 18.0. The maximum Gasteiger partial charge on any atom is 0.179 e. The van der Waals surface area contributed by atoms with E-state index in [0.717, 1.165) is 39.1 Å². The van der Waals surface area contributed by atoms with Crippen molar-refractivity contribution in [2.75, 3.05) is 50.4 Å². The molecular formula is C13H22N4O2S. The predicted octanol–water partition coefficient (Wildman–Crippen LogP) is -0.0441. The fraction of sp³-hybridized carbons (Fsp3) is 0.615. The molecule has 0 radical (unpaired) electrons. The van der Waals surface area contributed by atoms with E-state index in [1.54, 1.807) is 18.3 Å². The second-order valence-electron chi connectivity index (χ2n) is 5.07. The van der Waals surface area contributed by atoms with Gasteiger partial charge < -0.3 is 15.5 Å². The van der Waals surface area contributed by atoms with Crippen LogP contribution in [0, 0.1) is 0 Å². The minimum Gasteiger partial charge on any atom is -0.354 e. The van der Waals surface area contributed by atoms with Crippen molar-refractivity contribution in [1.29, 1.82) is 0 Å². The molecule has 1 aliphatic heterocycles. The van der Waals surface area contributed by atoms with Gasteiger partial charge in [0.05, 0.1) is 0 Å². The lowest BCUT2D eigenvalue weighted by molar-refractivity contribution is 0.302. The number of pyridine rings is 1. The summed E-state index contributed by atoms with van der Waals surface area (Å²) < 4.78 is 23.7. The maximum atomic E-state index is 11.9. The summed E-state index contributed by atoms with van der Waals surface area (Å²) in [5.74, 6) is 0.574. The van der Waals surface area contributed by atoms with Crippen molar-refractivity contribution in [3.05, 3.63) is 18.3 Å². The summed E-state index contributed by atoms with van der Waals surface area (Å²) >= 11 is 0. The van der Waals surface area contributed by atoms with E-state index in [1.165, 1.54) is 6.26 Å². The molecule has 0 unspecified atom stereocenters. The first kappa shape index (κ1) is 15.2. The second-order valence-corrected chi connectivity index (χ2v) is 7.05. The van der Waals surface area contributed by atoms with Crippen LogP contribution in [0.4, 0.5) is 5.82 Å². The first-order valence-electron chi connectivity index (χ1n) is 6.85. The van der Waals surface area contributed by atoms with Gasteiger partial charge in [0.15, 0.2) is 9.84 Å². The fourth-order valence-corrected chi connectivity index (χ4v) is 3.34. The van der Waals surface area contributed by atoms with Crippen molar-refractivity contribution in [2.45, 2.75) is 11.3 Å². The molecule has 1 fully saturated rings. The fourth-order valence-electron chi connectivity index (χ4n) is 2.50. The van der Waals surface area contributed by atoms with Crippen LogP contribution >= 0.6 is 0 Å². The Hall–Kier alpha value is -1.18. The van der Waals surface area contributed by atoms with Gasteiger partial charge in [-0.1, -0.05) is 0 Å². The molecule has 0 spiro atoms. The van der Waals surface area contributed by atoms with E-state index in [4.69, 9.17) is 5.73 Å². The number of aromatic nitrogens is 1. The first-order chi connectivity index (χ1) is 9.52. The maximum absolute atomic E-state index is 11.9. The van der Waals surface area contributed by atoms with Crippen LogP contribution in [-0.4, -0.2) is 63.8 Å². The molecule has 0 saturated carbocycles. The van der Waals surface area contributed by atoms with Gasteiger partial charge >= 0.3 is 0 Å². The molecule has 0 aromatic carbocycles. The van der Waals surface area contributed by atoms with Gasteiger partial charge in [-0.3, -0.25) is 0 Å². The van der Waals surface area contributed by atoms with Gasteiger partial charge in [-0.2, -0.15) is 0 Å². The van der Waals surface area contributed by atoms with E-state index < -0.39 is 9.84 Å². The van der Waals surface area contributed by atoms with Crippen LogP contribution in [0.2, 0.25) is 0 Å². The Kier molecular flexibility index (Phi) is 4.95. The predicted molar refractivity (Wildman–Crippen MR) is 79.7 cm³/mol.